The number of rotatable bonds is 10. The Morgan fingerprint density at radius 3 is 2.78 bits per heavy atom. The minimum Gasteiger partial charge on any atom is -0.493 e. The predicted octanol–water partition coefficient (Wildman–Crippen LogP) is 4.14. The molecule has 5 rings (SSSR count). The molecule has 1 aromatic heterocycles. The number of hydrogen-bond donors (Lipinski definition) is 2. The molecule has 6 heteroatoms. The van der Waals surface area contributed by atoms with Gasteiger partial charge in [0.1, 0.15) is 5.75 Å². The Morgan fingerprint density at radius 2 is 2.06 bits per heavy atom. The first-order valence-electron chi connectivity index (χ1n) is 12.5. The number of aryl methyl sites for hydroxylation is 1. The van der Waals surface area contributed by atoms with Gasteiger partial charge in [-0.1, -0.05) is 12.1 Å². The molecule has 1 unspecified atom stereocenters. The number of aliphatic hydroxyl groups is 1. The van der Waals surface area contributed by atoms with Crippen molar-refractivity contribution in [3.63, 3.8) is 0 Å². The summed E-state index contributed by atoms with van der Waals surface area (Å²) in [4.78, 5) is 2.15. The number of nitrogens with zero attached hydrogens (tertiary/aromatic N) is 2. The highest BCUT2D eigenvalue weighted by Crippen LogP contribution is 2.50. The zero-order valence-electron chi connectivity index (χ0n) is 19.9. The Morgan fingerprint density at radius 1 is 1.25 bits per heavy atom. The largest absolute Gasteiger partial charge is 0.493 e. The van der Waals surface area contributed by atoms with Crippen molar-refractivity contribution in [2.24, 2.45) is 17.3 Å². The van der Waals surface area contributed by atoms with Gasteiger partial charge in [-0.15, -0.1) is 0 Å². The van der Waals surface area contributed by atoms with Crippen LogP contribution in [0.25, 0.3) is 11.0 Å². The molecule has 176 valence electrons. The maximum Gasteiger partial charge on any atom is 0.175 e. The molecule has 3 fully saturated rings. The van der Waals surface area contributed by atoms with Crippen LogP contribution in [0.1, 0.15) is 63.1 Å². The third kappa shape index (κ3) is 4.82. The number of piperidine rings is 1. The van der Waals surface area contributed by atoms with Crippen LogP contribution in [0.4, 0.5) is 0 Å². The lowest BCUT2D eigenvalue weighted by Gasteiger charge is -2.36. The van der Waals surface area contributed by atoms with Gasteiger partial charge in [0.25, 0.3) is 0 Å². The third-order valence-corrected chi connectivity index (χ3v) is 7.89. The van der Waals surface area contributed by atoms with Gasteiger partial charge in [0.05, 0.1) is 24.0 Å². The Labute approximate surface area is 191 Å². The predicted molar refractivity (Wildman–Crippen MR) is 126 cm³/mol. The van der Waals surface area contributed by atoms with Gasteiger partial charge >= 0.3 is 0 Å². The summed E-state index contributed by atoms with van der Waals surface area (Å²) in [6.45, 7) is 4.79. The number of aliphatic hydroxyl groups excluding tert-OH is 1. The van der Waals surface area contributed by atoms with E-state index < -0.39 is 0 Å². The normalized spacial score (nSPS) is 25.9. The van der Waals surface area contributed by atoms with E-state index in [0.717, 1.165) is 85.7 Å². The summed E-state index contributed by atoms with van der Waals surface area (Å²) in [6, 6.07) is 4.47. The molecule has 0 amide bonds. The van der Waals surface area contributed by atoms with Gasteiger partial charge in [0, 0.05) is 18.0 Å². The van der Waals surface area contributed by atoms with Crippen LogP contribution >= 0.6 is 0 Å². The first-order valence-corrected chi connectivity index (χ1v) is 12.5. The summed E-state index contributed by atoms with van der Waals surface area (Å²) in [5.74, 6) is 2.27. The molecular formula is C26H39N3O3. The van der Waals surface area contributed by atoms with E-state index in [9.17, 15) is 5.11 Å². The second-order valence-electron chi connectivity index (χ2n) is 11.1. The van der Waals surface area contributed by atoms with Crippen molar-refractivity contribution in [2.45, 2.75) is 77.0 Å². The second-order valence-corrected chi connectivity index (χ2v) is 11.1. The molecule has 32 heavy (non-hydrogen) atoms. The highest BCUT2D eigenvalue weighted by atomic mass is 16.5. The first kappa shape index (κ1) is 22.2. The van der Waals surface area contributed by atoms with Crippen molar-refractivity contribution in [3.8, 4) is 5.75 Å². The molecule has 3 atom stereocenters. The van der Waals surface area contributed by atoms with Crippen molar-refractivity contribution in [3.05, 3.63) is 23.4 Å². The van der Waals surface area contributed by atoms with Crippen LogP contribution in [0.2, 0.25) is 0 Å². The van der Waals surface area contributed by atoms with Crippen molar-refractivity contribution >= 4 is 11.0 Å². The van der Waals surface area contributed by atoms with E-state index in [0.29, 0.717) is 5.92 Å². The van der Waals surface area contributed by atoms with Crippen molar-refractivity contribution in [2.75, 3.05) is 27.2 Å². The molecule has 1 saturated heterocycles. The van der Waals surface area contributed by atoms with E-state index in [2.05, 4.69) is 48.5 Å². The Hall–Kier alpha value is -1.63. The minimum atomic E-state index is -0.221. The Balaban J connectivity index is 1.27. The lowest BCUT2D eigenvalue weighted by Crippen LogP contribution is -2.48. The van der Waals surface area contributed by atoms with Gasteiger partial charge in [-0.2, -0.15) is 0 Å². The van der Waals surface area contributed by atoms with Gasteiger partial charge in [-0.05, 0) is 101 Å². The summed E-state index contributed by atoms with van der Waals surface area (Å²) in [5.41, 5.74) is 3.18. The number of aromatic nitrogens is 1. The lowest BCUT2D eigenvalue weighted by atomic mass is 9.82. The van der Waals surface area contributed by atoms with Gasteiger partial charge in [0.15, 0.2) is 5.58 Å². The third-order valence-electron chi connectivity index (χ3n) is 7.89. The van der Waals surface area contributed by atoms with Gasteiger partial charge in [-0.3, -0.25) is 0 Å². The summed E-state index contributed by atoms with van der Waals surface area (Å²) in [5, 5.41) is 20.0. The van der Waals surface area contributed by atoms with E-state index in [1.54, 1.807) is 0 Å². The van der Waals surface area contributed by atoms with Crippen LogP contribution in [-0.4, -0.2) is 54.6 Å². The van der Waals surface area contributed by atoms with E-state index in [-0.39, 0.29) is 17.6 Å². The fourth-order valence-electron chi connectivity index (χ4n) is 5.22. The topological polar surface area (TPSA) is 70.8 Å². The molecular weight excluding hydrogens is 402 g/mol. The highest BCUT2D eigenvalue weighted by Gasteiger charge is 2.48. The van der Waals surface area contributed by atoms with Crippen molar-refractivity contribution in [1.82, 2.24) is 15.4 Å². The van der Waals surface area contributed by atoms with Gasteiger partial charge in [-0.25, -0.2) is 0 Å². The smallest absolute Gasteiger partial charge is 0.175 e. The fourth-order valence-corrected chi connectivity index (χ4v) is 5.22. The number of ether oxygens (including phenoxy) is 1. The molecule has 2 saturated carbocycles. The van der Waals surface area contributed by atoms with Crippen molar-refractivity contribution < 1.29 is 14.4 Å². The molecule has 2 aliphatic carbocycles. The molecule has 0 radical (unpaired) electrons. The summed E-state index contributed by atoms with van der Waals surface area (Å²) < 4.78 is 12.0. The summed E-state index contributed by atoms with van der Waals surface area (Å²) >= 11 is 0. The van der Waals surface area contributed by atoms with Crippen LogP contribution in [0.3, 0.4) is 0 Å². The lowest BCUT2D eigenvalue weighted by molar-refractivity contribution is 0.0428. The van der Waals surface area contributed by atoms with E-state index in [1.807, 2.05) is 0 Å². The maximum absolute atomic E-state index is 10.8. The van der Waals surface area contributed by atoms with Crippen LogP contribution < -0.4 is 10.1 Å². The SMILES string of the molecule is CN(C)Cc1c(OCC2CC2)ccc2c(CC[C@@H]3CCN[C@H](C(O)C4(C)CC4)C3)noc12. The molecule has 0 bridgehead atoms. The molecule has 6 nitrogen and oxygen atoms in total. The number of fused-ring (bicyclic) bond motifs is 1. The number of nitrogens with one attached hydrogen (secondary N) is 1. The minimum absolute atomic E-state index is 0.143. The summed E-state index contributed by atoms with van der Waals surface area (Å²) in [6.07, 6.45) is 8.89. The van der Waals surface area contributed by atoms with E-state index in [4.69, 9.17) is 9.26 Å². The first-order chi connectivity index (χ1) is 15.4. The molecule has 2 N–H and O–H groups in total. The average molecular weight is 442 g/mol. The van der Waals surface area contributed by atoms with Crippen LogP contribution in [-0.2, 0) is 13.0 Å². The van der Waals surface area contributed by atoms with Gasteiger partial charge in [0.2, 0.25) is 0 Å². The second kappa shape index (κ2) is 8.96. The van der Waals surface area contributed by atoms with Crippen LogP contribution in [0.15, 0.2) is 16.7 Å². The maximum atomic E-state index is 10.8. The molecule has 1 aliphatic heterocycles. The van der Waals surface area contributed by atoms with Crippen molar-refractivity contribution in [1.29, 1.82) is 0 Å². The summed E-state index contributed by atoms with van der Waals surface area (Å²) in [7, 11) is 4.15. The molecule has 2 heterocycles. The zero-order valence-corrected chi connectivity index (χ0v) is 19.9. The number of hydrogen-bond acceptors (Lipinski definition) is 6. The molecule has 0 spiro atoms. The monoisotopic (exact) mass is 441 g/mol. The average Bonchev–Trinajstić information content (AvgIpc) is 3.70. The Kier molecular flexibility index (Phi) is 6.21. The molecule has 3 aliphatic rings. The fraction of sp³-hybridized carbons (Fsp3) is 0.731. The molecule has 1 aromatic carbocycles. The Bertz CT molecular complexity index is 932. The quantitative estimate of drug-likeness (QED) is 0.577. The van der Waals surface area contributed by atoms with E-state index >= 15 is 0 Å². The highest BCUT2D eigenvalue weighted by molar-refractivity contribution is 5.84. The van der Waals surface area contributed by atoms with Crippen LogP contribution in [0.5, 0.6) is 5.75 Å². The standard InChI is InChI=1S/C26H39N3O3/c1-26(11-12-26)25(30)22-14-17(10-13-27-22)6-8-21-19-7-9-23(31-16-18-4-5-18)20(15-29(2)3)24(19)32-28-21/h7,9,17-18,22,25,27,30H,4-6,8,10-16H2,1-3H3/t17-,22+,25?/m1/s1. The van der Waals surface area contributed by atoms with Gasteiger partial charge < -0.3 is 24.6 Å². The zero-order chi connectivity index (χ0) is 22.3. The van der Waals surface area contributed by atoms with Crippen LogP contribution in [0, 0.1) is 17.3 Å². The van der Waals surface area contributed by atoms with E-state index in [1.165, 1.54) is 19.3 Å². The number of benzene rings is 1. The molecule has 2 aromatic rings.